The highest BCUT2D eigenvalue weighted by atomic mass is 79.9. The summed E-state index contributed by atoms with van der Waals surface area (Å²) in [5.41, 5.74) is 0.324. The SMILES string of the molecule is COC(=O)CN1C(=O)NC(=Cc2cc(Br)ccc2O)C1=O. The molecule has 1 fully saturated rings. The summed E-state index contributed by atoms with van der Waals surface area (Å²) >= 11 is 3.24. The molecule has 1 aromatic carbocycles. The standard InChI is InChI=1S/C13H11BrN2O5/c1-21-11(18)6-16-12(19)9(15-13(16)20)5-7-4-8(14)2-3-10(7)17/h2-5,17H,6H2,1H3,(H,15,20). The summed E-state index contributed by atoms with van der Waals surface area (Å²) in [6.45, 7) is -0.469. The molecular formula is C13H11BrN2O5. The molecule has 0 aliphatic carbocycles. The van der Waals surface area contributed by atoms with Gasteiger partial charge in [-0.05, 0) is 24.3 Å². The van der Waals surface area contributed by atoms with E-state index in [1.54, 1.807) is 12.1 Å². The van der Waals surface area contributed by atoms with E-state index in [1.807, 2.05) is 0 Å². The molecule has 0 saturated carbocycles. The summed E-state index contributed by atoms with van der Waals surface area (Å²) in [5.74, 6) is -1.41. The van der Waals surface area contributed by atoms with Crippen molar-refractivity contribution in [1.29, 1.82) is 0 Å². The number of hydrogen-bond acceptors (Lipinski definition) is 5. The minimum Gasteiger partial charge on any atom is -0.507 e. The van der Waals surface area contributed by atoms with Crippen molar-refractivity contribution < 1.29 is 24.2 Å². The number of rotatable bonds is 3. The number of methoxy groups -OCH3 is 1. The quantitative estimate of drug-likeness (QED) is 0.483. The van der Waals surface area contributed by atoms with Gasteiger partial charge in [0.25, 0.3) is 5.91 Å². The molecule has 1 heterocycles. The highest BCUT2D eigenvalue weighted by molar-refractivity contribution is 9.10. The Kier molecular flexibility index (Phi) is 4.27. The lowest BCUT2D eigenvalue weighted by Crippen LogP contribution is -2.36. The van der Waals surface area contributed by atoms with Crippen LogP contribution in [0.15, 0.2) is 28.4 Å². The zero-order valence-electron chi connectivity index (χ0n) is 10.9. The molecule has 1 saturated heterocycles. The van der Waals surface area contributed by atoms with Gasteiger partial charge in [-0.1, -0.05) is 15.9 Å². The molecule has 0 radical (unpaired) electrons. The van der Waals surface area contributed by atoms with Crippen LogP contribution >= 0.6 is 15.9 Å². The van der Waals surface area contributed by atoms with Gasteiger partial charge < -0.3 is 15.2 Å². The van der Waals surface area contributed by atoms with Crippen molar-refractivity contribution in [2.45, 2.75) is 0 Å². The van der Waals surface area contributed by atoms with Gasteiger partial charge in [-0.25, -0.2) is 9.69 Å². The summed E-state index contributed by atoms with van der Waals surface area (Å²) < 4.78 is 5.12. The number of imide groups is 1. The van der Waals surface area contributed by atoms with E-state index in [4.69, 9.17) is 0 Å². The van der Waals surface area contributed by atoms with Crippen molar-refractivity contribution in [3.05, 3.63) is 33.9 Å². The first kappa shape index (κ1) is 15.0. The molecule has 21 heavy (non-hydrogen) atoms. The number of phenols is 1. The van der Waals surface area contributed by atoms with Crippen molar-refractivity contribution in [2.75, 3.05) is 13.7 Å². The average molecular weight is 355 g/mol. The third kappa shape index (κ3) is 3.22. The molecule has 3 amide bonds. The number of nitrogens with zero attached hydrogens (tertiary/aromatic N) is 1. The molecule has 0 aromatic heterocycles. The molecule has 0 atom stereocenters. The van der Waals surface area contributed by atoms with Crippen LogP contribution in [0, 0.1) is 0 Å². The Bertz CT molecular complexity index is 656. The predicted molar refractivity (Wildman–Crippen MR) is 76.0 cm³/mol. The lowest BCUT2D eigenvalue weighted by molar-refractivity contribution is -0.143. The number of phenolic OH excluding ortho intramolecular Hbond substituents is 1. The number of carbonyl (C=O) groups is 3. The van der Waals surface area contributed by atoms with Crippen molar-refractivity contribution in [3.8, 4) is 5.75 Å². The third-order valence-electron chi connectivity index (χ3n) is 2.77. The molecule has 0 spiro atoms. The van der Waals surface area contributed by atoms with E-state index in [2.05, 4.69) is 26.0 Å². The van der Waals surface area contributed by atoms with Gasteiger partial charge in [-0.3, -0.25) is 9.59 Å². The summed E-state index contributed by atoms with van der Waals surface area (Å²) in [7, 11) is 1.16. The van der Waals surface area contributed by atoms with Crippen LogP contribution in [0.25, 0.3) is 6.08 Å². The fourth-order valence-corrected chi connectivity index (χ4v) is 2.08. The number of benzene rings is 1. The summed E-state index contributed by atoms with van der Waals surface area (Å²) in [5, 5.41) is 12.1. The van der Waals surface area contributed by atoms with Gasteiger partial charge in [-0.15, -0.1) is 0 Å². The molecule has 8 heteroatoms. The van der Waals surface area contributed by atoms with Crippen molar-refractivity contribution in [3.63, 3.8) is 0 Å². The minimum absolute atomic E-state index is 0.0303. The van der Waals surface area contributed by atoms with E-state index in [9.17, 15) is 19.5 Å². The molecule has 1 aromatic rings. The summed E-state index contributed by atoms with van der Waals surface area (Å²) in [6, 6.07) is 3.95. The Labute approximate surface area is 128 Å². The Morgan fingerprint density at radius 3 is 2.86 bits per heavy atom. The topological polar surface area (TPSA) is 95.9 Å². The number of urea groups is 1. The molecule has 1 aliphatic heterocycles. The van der Waals surface area contributed by atoms with Gasteiger partial charge in [0.1, 0.15) is 18.0 Å². The molecule has 2 rings (SSSR count). The van der Waals surface area contributed by atoms with Crippen LogP contribution in [0.1, 0.15) is 5.56 Å². The van der Waals surface area contributed by atoms with E-state index in [0.29, 0.717) is 10.0 Å². The predicted octanol–water partition coefficient (Wildman–Crippen LogP) is 1.22. The van der Waals surface area contributed by atoms with Gasteiger partial charge in [0.05, 0.1) is 7.11 Å². The third-order valence-corrected chi connectivity index (χ3v) is 3.26. The summed E-state index contributed by atoms with van der Waals surface area (Å²) in [6.07, 6.45) is 1.33. The Balaban J connectivity index is 2.28. The van der Waals surface area contributed by atoms with Crippen molar-refractivity contribution in [1.82, 2.24) is 10.2 Å². The first-order valence-corrected chi connectivity index (χ1v) is 6.61. The van der Waals surface area contributed by atoms with Crippen LogP contribution in [0.2, 0.25) is 0 Å². The summed E-state index contributed by atoms with van der Waals surface area (Å²) in [4.78, 5) is 35.6. The van der Waals surface area contributed by atoms with Gasteiger partial charge >= 0.3 is 12.0 Å². The van der Waals surface area contributed by atoms with Crippen LogP contribution in [0.3, 0.4) is 0 Å². The molecule has 0 unspecified atom stereocenters. The second-order valence-electron chi connectivity index (χ2n) is 4.16. The van der Waals surface area contributed by atoms with Crippen LogP contribution < -0.4 is 5.32 Å². The number of esters is 1. The maximum atomic E-state index is 12.0. The molecule has 0 bridgehead atoms. The maximum absolute atomic E-state index is 12.0. The maximum Gasteiger partial charge on any atom is 0.329 e. The Morgan fingerprint density at radius 2 is 2.19 bits per heavy atom. The number of carbonyl (C=O) groups excluding carboxylic acids is 3. The first-order chi connectivity index (χ1) is 9.92. The van der Waals surface area contributed by atoms with E-state index < -0.39 is 24.5 Å². The van der Waals surface area contributed by atoms with Crippen LogP contribution in [0.5, 0.6) is 5.75 Å². The number of hydrogen-bond donors (Lipinski definition) is 2. The fourth-order valence-electron chi connectivity index (χ4n) is 1.71. The number of aromatic hydroxyl groups is 1. The van der Waals surface area contributed by atoms with Gasteiger partial charge in [0, 0.05) is 10.0 Å². The highest BCUT2D eigenvalue weighted by Crippen LogP contribution is 2.25. The number of amides is 3. The zero-order valence-corrected chi connectivity index (χ0v) is 12.5. The lowest BCUT2D eigenvalue weighted by Gasteiger charge is -2.09. The van der Waals surface area contributed by atoms with E-state index in [-0.39, 0.29) is 11.4 Å². The van der Waals surface area contributed by atoms with Gasteiger partial charge in [-0.2, -0.15) is 0 Å². The Hall–Kier alpha value is -2.35. The molecular weight excluding hydrogens is 344 g/mol. The Morgan fingerprint density at radius 1 is 1.48 bits per heavy atom. The normalized spacial score (nSPS) is 16.3. The van der Waals surface area contributed by atoms with Crippen LogP contribution in [0.4, 0.5) is 4.79 Å². The molecule has 2 N–H and O–H groups in total. The smallest absolute Gasteiger partial charge is 0.329 e. The van der Waals surface area contributed by atoms with Crippen LogP contribution in [-0.2, 0) is 14.3 Å². The van der Waals surface area contributed by atoms with Crippen LogP contribution in [-0.4, -0.2) is 41.6 Å². The molecule has 7 nitrogen and oxygen atoms in total. The minimum atomic E-state index is -0.717. The van der Waals surface area contributed by atoms with E-state index in [0.717, 1.165) is 12.0 Å². The monoisotopic (exact) mass is 354 g/mol. The zero-order chi connectivity index (χ0) is 15.6. The number of halogens is 1. The average Bonchev–Trinajstić information content (AvgIpc) is 2.70. The number of ether oxygens (including phenoxy) is 1. The number of nitrogens with one attached hydrogen (secondary N) is 1. The largest absolute Gasteiger partial charge is 0.507 e. The fraction of sp³-hybridized carbons (Fsp3) is 0.154. The van der Waals surface area contributed by atoms with Crippen molar-refractivity contribution in [2.24, 2.45) is 0 Å². The first-order valence-electron chi connectivity index (χ1n) is 5.82. The van der Waals surface area contributed by atoms with Crippen molar-refractivity contribution >= 4 is 39.9 Å². The highest BCUT2D eigenvalue weighted by Gasteiger charge is 2.35. The van der Waals surface area contributed by atoms with Gasteiger partial charge in [0.15, 0.2) is 0 Å². The lowest BCUT2D eigenvalue weighted by atomic mass is 10.1. The second-order valence-corrected chi connectivity index (χ2v) is 5.07. The molecule has 1 aliphatic rings. The molecule has 110 valence electrons. The van der Waals surface area contributed by atoms with Gasteiger partial charge in [0.2, 0.25) is 0 Å². The van der Waals surface area contributed by atoms with E-state index in [1.165, 1.54) is 12.1 Å². The van der Waals surface area contributed by atoms with E-state index >= 15 is 0 Å². The second kappa shape index (κ2) is 5.96.